The Bertz CT molecular complexity index is 470. The second-order valence-electron chi connectivity index (χ2n) is 7.23. The third kappa shape index (κ3) is 2.71. The van der Waals surface area contributed by atoms with Crippen molar-refractivity contribution < 1.29 is 4.74 Å². The molecule has 3 unspecified atom stereocenters. The van der Waals surface area contributed by atoms with Gasteiger partial charge in [-0.2, -0.15) is 0 Å². The maximum Gasteiger partial charge on any atom is 0.124 e. The van der Waals surface area contributed by atoms with E-state index in [1.807, 2.05) is 0 Å². The molecule has 2 nitrogen and oxygen atoms in total. The molecule has 1 aliphatic carbocycles. The largest absolute Gasteiger partial charge is 0.487 e. The smallest absolute Gasteiger partial charge is 0.124 e. The van der Waals surface area contributed by atoms with Gasteiger partial charge in [-0.15, -0.1) is 0 Å². The van der Waals surface area contributed by atoms with Gasteiger partial charge in [-0.1, -0.05) is 38.5 Å². The van der Waals surface area contributed by atoms with E-state index in [0.29, 0.717) is 0 Å². The SMILES string of the molecule is CC(C)CC1CCCC2(C1)CC(N)c1ccccc1O2. The average molecular weight is 273 g/mol. The molecule has 1 aromatic carbocycles. The van der Waals surface area contributed by atoms with Gasteiger partial charge in [0.05, 0.1) is 0 Å². The number of nitrogens with two attached hydrogens (primary N) is 1. The van der Waals surface area contributed by atoms with Crippen LogP contribution in [-0.2, 0) is 0 Å². The van der Waals surface area contributed by atoms with Gasteiger partial charge in [-0.3, -0.25) is 0 Å². The van der Waals surface area contributed by atoms with Gasteiger partial charge in [0, 0.05) is 18.0 Å². The van der Waals surface area contributed by atoms with E-state index < -0.39 is 0 Å². The molecule has 1 fully saturated rings. The Labute approximate surface area is 122 Å². The Hall–Kier alpha value is -1.02. The number of para-hydroxylation sites is 1. The molecule has 1 aliphatic heterocycles. The minimum atomic E-state index is 0.00553. The first-order valence-corrected chi connectivity index (χ1v) is 8.11. The molecule has 1 heterocycles. The molecular formula is C18H27NO. The van der Waals surface area contributed by atoms with Crippen LogP contribution >= 0.6 is 0 Å². The van der Waals surface area contributed by atoms with Crippen molar-refractivity contribution in [1.29, 1.82) is 0 Å². The van der Waals surface area contributed by atoms with E-state index in [1.165, 1.54) is 37.7 Å². The monoisotopic (exact) mass is 273 g/mol. The Kier molecular flexibility index (Phi) is 3.76. The molecule has 3 atom stereocenters. The van der Waals surface area contributed by atoms with Crippen LogP contribution in [0, 0.1) is 11.8 Å². The van der Waals surface area contributed by atoms with E-state index in [0.717, 1.165) is 24.0 Å². The number of fused-ring (bicyclic) bond motifs is 1. The zero-order valence-corrected chi connectivity index (χ0v) is 12.8. The van der Waals surface area contributed by atoms with Gasteiger partial charge in [0.15, 0.2) is 0 Å². The van der Waals surface area contributed by atoms with Crippen LogP contribution in [0.5, 0.6) is 5.75 Å². The fourth-order valence-electron chi connectivity index (χ4n) is 4.25. The van der Waals surface area contributed by atoms with Crippen molar-refractivity contribution in [2.45, 2.75) is 64.0 Å². The molecule has 2 heteroatoms. The molecule has 1 spiro atoms. The lowest BCUT2D eigenvalue weighted by Crippen LogP contribution is -2.46. The first kappa shape index (κ1) is 13.9. The fourth-order valence-corrected chi connectivity index (χ4v) is 4.25. The van der Waals surface area contributed by atoms with Crippen molar-refractivity contribution in [3.8, 4) is 5.75 Å². The topological polar surface area (TPSA) is 35.2 Å². The predicted molar refractivity (Wildman–Crippen MR) is 82.8 cm³/mol. The Morgan fingerprint density at radius 2 is 2.10 bits per heavy atom. The Balaban J connectivity index is 1.80. The Morgan fingerprint density at radius 3 is 2.90 bits per heavy atom. The molecule has 0 saturated heterocycles. The van der Waals surface area contributed by atoms with E-state index in [9.17, 15) is 0 Å². The summed E-state index contributed by atoms with van der Waals surface area (Å²) in [5.41, 5.74) is 7.61. The fraction of sp³-hybridized carbons (Fsp3) is 0.667. The van der Waals surface area contributed by atoms with Crippen molar-refractivity contribution in [3.63, 3.8) is 0 Å². The van der Waals surface area contributed by atoms with Gasteiger partial charge < -0.3 is 10.5 Å². The summed E-state index contributed by atoms with van der Waals surface area (Å²) in [7, 11) is 0. The molecule has 0 radical (unpaired) electrons. The lowest BCUT2D eigenvalue weighted by atomic mass is 9.71. The van der Waals surface area contributed by atoms with Gasteiger partial charge in [0.25, 0.3) is 0 Å². The second-order valence-corrected chi connectivity index (χ2v) is 7.23. The molecular weight excluding hydrogens is 246 g/mol. The maximum absolute atomic E-state index is 6.46. The van der Waals surface area contributed by atoms with E-state index in [4.69, 9.17) is 10.5 Å². The zero-order valence-electron chi connectivity index (χ0n) is 12.8. The Morgan fingerprint density at radius 1 is 1.30 bits per heavy atom. The lowest BCUT2D eigenvalue weighted by molar-refractivity contribution is -0.0201. The minimum absolute atomic E-state index is 0.00553. The standard InChI is InChI=1S/C18H27NO/c1-13(2)10-14-6-5-9-18(11-14)12-16(19)15-7-3-4-8-17(15)20-18/h3-4,7-8,13-14,16H,5-6,9-12,19H2,1-2H3. The summed E-state index contributed by atoms with van der Waals surface area (Å²) in [6.45, 7) is 4.65. The molecule has 1 aromatic rings. The number of ether oxygens (including phenoxy) is 1. The molecule has 0 amide bonds. The summed E-state index contributed by atoms with van der Waals surface area (Å²) in [5.74, 6) is 2.61. The van der Waals surface area contributed by atoms with Crippen LogP contribution < -0.4 is 10.5 Å². The molecule has 0 bridgehead atoms. The van der Waals surface area contributed by atoms with Crippen LogP contribution in [0.15, 0.2) is 24.3 Å². The van der Waals surface area contributed by atoms with E-state index >= 15 is 0 Å². The highest BCUT2D eigenvalue weighted by atomic mass is 16.5. The van der Waals surface area contributed by atoms with Crippen LogP contribution in [-0.4, -0.2) is 5.60 Å². The second kappa shape index (κ2) is 5.40. The summed E-state index contributed by atoms with van der Waals surface area (Å²) in [6.07, 6.45) is 7.31. The van der Waals surface area contributed by atoms with Gasteiger partial charge in [-0.05, 0) is 43.6 Å². The average Bonchev–Trinajstić information content (AvgIpc) is 2.38. The molecule has 20 heavy (non-hydrogen) atoms. The minimum Gasteiger partial charge on any atom is -0.487 e. The summed E-state index contributed by atoms with van der Waals surface area (Å²) < 4.78 is 6.46. The lowest BCUT2D eigenvalue weighted by Gasteiger charge is -2.46. The van der Waals surface area contributed by atoms with E-state index in [1.54, 1.807) is 0 Å². The molecule has 110 valence electrons. The highest BCUT2D eigenvalue weighted by molar-refractivity contribution is 5.38. The van der Waals surface area contributed by atoms with E-state index in [-0.39, 0.29) is 11.6 Å². The summed E-state index contributed by atoms with van der Waals surface area (Å²) >= 11 is 0. The number of hydrogen-bond donors (Lipinski definition) is 1. The summed E-state index contributed by atoms with van der Waals surface area (Å²) in [5, 5.41) is 0. The van der Waals surface area contributed by atoms with E-state index in [2.05, 4.69) is 38.1 Å². The van der Waals surface area contributed by atoms with Crippen molar-refractivity contribution in [3.05, 3.63) is 29.8 Å². The molecule has 2 aliphatic rings. The number of benzene rings is 1. The highest BCUT2D eigenvalue weighted by Gasteiger charge is 2.43. The van der Waals surface area contributed by atoms with Crippen LogP contribution in [0.3, 0.4) is 0 Å². The van der Waals surface area contributed by atoms with Crippen molar-refractivity contribution >= 4 is 0 Å². The van der Waals surface area contributed by atoms with Gasteiger partial charge in [-0.25, -0.2) is 0 Å². The summed E-state index contributed by atoms with van der Waals surface area (Å²) in [6, 6.07) is 8.45. The first-order valence-electron chi connectivity index (χ1n) is 8.11. The van der Waals surface area contributed by atoms with Crippen molar-refractivity contribution in [1.82, 2.24) is 0 Å². The molecule has 0 aromatic heterocycles. The highest BCUT2D eigenvalue weighted by Crippen LogP contribution is 2.47. The molecule has 2 N–H and O–H groups in total. The van der Waals surface area contributed by atoms with Crippen LogP contribution in [0.1, 0.15) is 64.0 Å². The first-order chi connectivity index (χ1) is 9.58. The van der Waals surface area contributed by atoms with Gasteiger partial charge in [0.2, 0.25) is 0 Å². The van der Waals surface area contributed by atoms with Crippen molar-refractivity contribution in [2.75, 3.05) is 0 Å². The third-order valence-corrected chi connectivity index (χ3v) is 4.95. The third-order valence-electron chi connectivity index (χ3n) is 4.95. The normalized spacial score (nSPS) is 33.0. The van der Waals surface area contributed by atoms with Gasteiger partial charge >= 0.3 is 0 Å². The summed E-state index contributed by atoms with van der Waals surface area (Å²) in [4.78, 5) is 0. The molecule has 3 rings (SSSR count). The van der Waals surface area contributed by atoms with Crippen LogP contribution in [0.4, 0.5) is 0 Å². The van der Waals surface area contributed by atoms with Crippen LogP contribution in [0.25, 0.3) is 0 Å². The predicted octanol–water partition coefficient (Wildman–Crippen LogP) is 4.44. The van der Waals surface area contributed by atoms with Gasteiger partial charge in [0.1, 0.15) is 11.4 Å². The zero-order chi connectivity index (χ0) is 14.2. The molecule has 1 saturated carbocycles. The quantitative estimate of drug-likeness (QED) is 0.864. The number of rotatable bonds is 2. The van der Waals surface area contributed by atoms with Crippen molar-refractivity contribution in [2.24, 2.45) is 17.6 Å². The number of hydrogen-bond acceptors (Lipinski definition) is 2. The maximum atomic E-state index is 6.46. The van der Waals surface area contributed by atoms with Crippen LogP contribution in [0.2, 0.25) is 0 Å².